The van der Waals surface area contributed by atoms with Crippen molar-refractivity contribution in [2.24, 2.45) is 0 Å². The first-order chi connectivity index (χ1) is 22.4. The largest absolute Gasteiger partial charge is 0.384 e. The summed E-state index contributed by atoms with van der Waals surface area (Å²) in [5.41, 5.74) is 1.42. The number of amides is 8. The van der Waals surface area contributed by atoms with Crippen LogP contribution < -0.4 is 10.6 Å². The zero-order valence-corrected chi connectivity index (χ0v) is 26.0. The number of piperidine rings is 2. The lowest BCUT2D eigenvalue weighted by Crippen LogP contribution is -2.54. The number of carbonyl (C=O) groups excluding carboxylic acids is 8. The highest BCUT2D eigenvalue weighted by Crippen LogP contribution is 2.30. The predicted octanol–water partition coefficient (Wildman–Crippen LogP) is -0.106. The minimum absolute atomic E-state index is 0.0804. The number of nitrogens with zero attached hydrogens (tertiary/aromatic N) is 2. The monoisotopic (exact) mass is 704 g/mol. The van der Waals surface area contributed by atoms with E-state index in [4.69, 9.17) is 10.2 Å². The number of carbonyl (C=O) groups is 8. The predicted molar refractivity (Wildman–Crippen MR) is 164 cm³/mol. The highest BCUT2D eigenvalue weighted by atomic mass is 79.9. The summed E-state index contributed by atoms with van der Waals surface area (Å²) in [6.45, 7) is -0.466. The number of halogens is 1. The second kappa shape index (κ2) is 14.7. The molecule has 2 aromatic carbocycles. The molecule has 0 bridgehead atoms. The van der Waals surface area contributed by atoms with Gasteiger partial charge in [0, 0.05) is 22.9 Å². The third-order valence-electron chi connectivity index (χ3n) is 7.24. The highest BCUT2D eigenvalue weighted by molar-refractivity contribution is 9.10. The SMILES string of the molecule is C#CCO.O=C1CCC(N2C(=O)c3ccc(Br)cc3C2=O)C(=O)N1.O=C1CCC(N2C(=O)c3ccc(C#CCO)cc3C2=O)C(=O)N1. The fourth-order valence-electron chi connectivity index (χ4n) is 5.13. The van der Waals surface area contributed by atoms with Crippen LogP contribution in [-0.2, 0) is 19.2 Å². The maximum Gasteiger partial charge on any atom is 0.262 e. The molecule has 4 aliphatic heterocycles. The van der Waals surface area contributed by atoms with Gasteiger partial charge in [0.1, 0.15) is 25.3 Å². The Morgan fingerprint density at radius 2 is 1.15 bits per heavy atom. The number of aliphatic hydroxyl groups is 2. The maximum absolute atomic E-state index is 12.5. The summed E-state index contributed by atoms with van der Waals surface area (Å²) in [5, 5.41) is 20.6. The summed E-state index contributed by atoms with van der Waals surface area (Å²) in [4.78, 5) is 97.4. The van der Waals surface area contributed by atoms with E-state index in [-0.39, 0.29) is 67.1 Å². The van der Waals surface area contributed by atoms with E-state index in [1.54, 1.807) is 24.3 Å². The van der Waals surface area contributed by atoms with Crippen LogP contribution in [0, 0.1) is 24.2 Å². The first-order valence-electron chi connectivity index (χ1n) is 13.9. The third kappa shape index (κ3) is 7.18. The Morgan fingerprint density at radius 3 is 1.60 bits per heavy atom. The average Bonchev–Trinajstić information content (AvgIpc) is 3.43. The molecule has 2 fully saturated rings. The Hall–Kier alpha value is -5.48. The third-order valence-corrected chi connectivity index (χ3v) is 7.74. The zero-order chi connectivity index (χ0) is 34.4. The van der Waals surface area contributed by atoms with Crippen LogP contribution in [0.4, 0.5) is 0 Å². The van der Waals surface area contributed by atoms with Gasteiger partial charge in [-0.15, -0.1) is 6.42 Å². The van der Waals surface area contributed by atoms with Crippen LogP contribution in [0.2, 0.25) is 0 Å². The molecule has 8 amide bonds. The summed E-state index contributed by atoms with van der Waals surface area (Å²) in [6.07, 6.45) is 5.01. The molecule has 15 heteroatoms. The molecule has 4 N–H and O–H groups in total. The van der Waals surface area contributed by atoms with Crippen molar-refractivity contribution in [1.29, 1.82) is 0 Å². The van der Waals surface area contributed by atoms with Crippen molar-refractivity contribution in [2.45, 2.75) is 37.8 Å². The van der Waals surface area contributed by atoms with Crippen LogP contribution in [-0.4, -0.2) is 92.6 Å². The number of terminal acetylenes is 1. The minimum Gasteiger partial charge on any atom is -0.384 e. The van der Waals surface area contributed by atoms with E-state index < -0.39 is 53.4 Å². The van der Waals surface area contributed by atoms with Gasteiger partial charge in [-0.2, -0.15) is 0 Å². The van der Waals surface area contributed by atoms with Crippen molar-refractivity contribution in [3.63, 3.8) is 0 Å². The van der Waals surface area contributed by atoms with Crippen molar-refractivity contribution < 1.29 is 48.6 Å². The molecule has 0 aliphatic carbocycles. The lowest BCUT2D eigenvalue weighted by molar-refractivity contribution is -0.137. The van der Waals surface area contributed by atoms with Crippen molar-refractivity contribution in [3.05, 3.63) is 68.7 Å². The van der Waals surface area contributed by atoms with Crippen LogP contribution in [0.1, 0.15) is 72.7 Å². The number of hydrogen-bond acceptors (Lipinski definition) is 10. The van der Waals surface area contributed by atoms with Gasteiger partial charge in [-0.05, 0) is 49.2 Å². The molecular formula is C32H25BrN4O10. The van der Waals surface area contributed by atoms with Crippen LogP contribution >= 0.6 is 15.9 Å². The fourth-order valence-corrected chi connectivity index (χ4v) is 5.49. The Kier molecular flexibility index (Phi) is 10.8. The van der Waals surface area contributed by atoms with Gasteiger partial charge in [0.05, 0.1) is 22.3 Å². The molecule has 2 saturated heterocycles. The van der Waals surface area contributed by atoms with Crippen LogP contribution in [0.15, 0.2) is 40.9 Å². The normalized spacial score (nSPS) is 19.6. The number of aliphatic hydroxyl groups excluding tert-OH is 2. The molecule has 240 valence electrons. The van der Waals surface area contributed by atoms with Gasteiger partial charge >= 0.3 is 0 Å². The van der Waals surface area contributed by atoms with E-state index in [2.05, 4.69) is 44.8 Å². The molecule has 0 saturated carbocycles. The van der Waals surface area contributed by atoms with Crippen molar-refractivity contribution in [1.82, 2.24) is 20.4 Å². The molecule has 4 aliphatic rings. The molecule has 47 heavy (non-hydrogen) atoms. The standard InChI is InChI=1S/C16H12N2O5.C13H9BrN2O4.C3H4O/c19-7-1-2-9-3-4-10-11(8-9)16(23)18(15(10)22)12-5-6-13(20)17-14(12)21;14-6-1-2-7-8(5-6)13(20)16(12(7)19)9-3-4-10(17)15-11(9)18;1-2-3-4/h3-4,8,12,19H,5-7H2,(H,17,20,21);1-2,5,9H,3-4H2,(H,15,17,18);1,4H,3H2. The molecule has 2 aromatic rings. The number of imide groups is 4. The fraction of sp³-hybridized carbons (Fsp3) is 0.250. The summed E-state index contributed by atoms with van der Waals surface area (Å²) >= 11 is 3.24. The smallest absolute Gasteiger partial charge is 0.262 e. The number of nitrogens with one attached hydrogen (secondary N) is 2. The lowest BCUT2D eigenvalue weighted by atomic mass is 10.0. The molecule has 4 heterocycles. The van der Waals surface area contributed by atoms with Crippen LogP contribution in [0.3, 0.4) is 0 Å². The zero-order valence-electron chi connectivity index (χ0n) is 24.4. The topological polar surface area (TPSA) is 208 Å². The number of rotatable bonds is 2. The maximum atomic E-state index is 12.5. The van der Waals surface area contributed by atoms with E-state index in [1.165, 1.54) is 12.1 Å². The van der Waals surface area contributed by atoms with E-state index in [1.807, 2.05) is 5.92 Å². The van der Waals surface area contributed by atoms with E-state index in [9.17, 15) is 38.4 Å². The Morgan fingerprint density at radius 1 is 0.702 bits per heavy atom. The molecule has 0 radical (unpaired) electrons. The summed E-state index contributed by atoms with van der Waals surface area (Å²) in [6, 6.07) is 7.38. The number of hydrogen-bond donors (Lipinski definition) is 4. The van der Waals surface area contributed by atoms with Gasteiger partial charge < -0.3 is 10.2 Å². The molecule has 0 spiro atoms. The van der Waals surface area contributed by atoms with Gasteiger partial charge in [0.15, 0.2) is 0 Å². The average molecular weight is 705 g/mol. The number of fused-ring (bicyclic) bond motifs is 2. The Labute approximate surface area is 275 Å². The highest BCUT2D eigenvalue weighted by Gasteiger charge is 2.45. The van der Waals surface area contributed by atoms with Crippen molar-refractivity contribution in [3.8, 4) is 24.2 Å². The Bertz CT molecular complexity index is 1840. The van der Waals surface area contributed by atoms with Gasteiger partial charge in [-0.1, -0.05) is 33.7 Å². The van der Waals surface area contributed by atoms with Crippen molar-refractivity contribution >= 4 is 63.2 Å². The number of benzene rings is 2. The second-order valence-electron chi connectivity index (χ2n) is 10.2. The summed E-state index contributed by atoms with van der Waals surface area (Å²) < 4.78 is 0.683. The molecule has 14 nitrogen and oxygen atoms in total. The quantitative estimate of drug-likeness (QED) is 0.241. The molecular weight excluding hydrogens is 680 g/mol. The van der Waals surface area contributed by atoms with E-state index >= 15 is 0 Å². The van der Waals surface area contributed by atoms with Gasteiger partial charge in [0.25, 0.3) is 23.6 Å². The Balaban J connectivity index is 0.000000193. The molecule has 6 rings (SSSR count). The minimum atomic E-state index is -0.980. The lowest BCUT2D eigenvalue weighted by Gasteiger charge is -2.27. The second-order valence-corrected chi connectivity index (χ2v) is 11.1. The summed E-state index contributed by atoms with van der Waals surface area (Å²) in [7, 11) is 0. The summed E-state index contributed by atoms with van der Waals surface area (Å²) in [5.74, 6) is 2.95. The van der Waals surface area contributed by atoms with Gasteiger partial charge in [-0.25, -0.2) is 0 Å². The van der Waals surface area contributed by atoms with E-state index in [0.29, 0.717) is 10.0 Å². The van der Waals surface area contributed by atoms with Crippen molar-refractivity contribution in [2.75, 3.05) is 13.2 Å². The first-order valence-corrected chi connectivity index (χ1v) is 14.7. The van der Waals surface area contributed by atoms with E-state index in [0.717, 1.165) is 9.80 Å². The molecule has 0 aromatic heterocycles. The van der Waals surface area contributed by atoms with Gasteiger partial charge in [-0.3, -0.25) is 58.8 Å². The van der Waals surface area contributed by atoms with Crippen LogP contribution in [0.5, 0.6) is 0 Å². The first kappa shape index (κ1) is 34.4. The van der Waals surface area contributed by atoms with Gasteiger partial charge in [0.2, 0.25) is 23.6 Å². The van der Waals surface area contributed by atoms with Crippen LogP contribution in [0.25, 0.3) is 0 Å². The molecule has 2 unspecified atom stereocenters. The molecule has 2 atom stereocenters.